The molecule has 3 N–H and O–H groups in total. The summed E-state index contributed by atoms with van der Waals surface area (Å²) in [5, 5.41) is 3.27. The predicted molar refractivity (Wildman–Crippen MR) is 87.1 cm³/mol. The normalized spacial score (nSPS) is 23.3. The lowest BCUT2D eigenvalue weighted by molar-refractivity contribution is -0.121. The number of hydrogen-bond acceptors (Lipinski definition) is 3. The molecule has 21 heavy (non-hydrogen) atoms. The Hall–Kier alpha value is -0.610. The minimum Gasteiger partial charge on any atom is -0.368 e. The van der Waals surface area contributed by atoms with Crippen LogP contribution in [0.4, 0.5) is 0 Å². The maximum Gasteiger partial charge on any atom is 0.235 e. The van der Waals surface area contributed by atoms with Crippen molar-refractivity contribution >= 4 is 5.91 Å². The van der Waals surface area contributed by atoms with Crippen LogP contribution in [0, 0.1) is 0 Å². The summed E-state index contributed by atoms with van der Waals surface area (Å²) in [6, 6.07) is 1.14. The van der Waals surface area contributed by atoms with Crippen LogP contribution in [-0.2, 0) is 4.79 Å². The molecule has 122 valence electrons. The van der Waals surface area contributed by atoms with Gasteiger partial charge >= 0.3 is 0 Å². The highest BCUT2D eigenvalue weighted by molar-refractivity contribution is 5.80. The Morgan fingerprint density at radius 1 is 1.05 bits per heavy atom. The second kappa shape index (κ2) is 8.74. The molecule has 4 nitrogen and oxygen atoms in total. The Bertz CT molecular complexity index is 291. The third kappa shape index (κ3) is 4.96. The van der Waals surface area contributed by atoms with Gasteiger partial charge in [-0.3, -0.25) is 9.69 Å². The van der Waals surface area contributed by atoms with Crippen LogP contribution in [0.25, 0.3) is 0 Å². The van der Waals surface area contributed by atoms with E-state index in [1.165, 1.54) is 64.2 Å². The molecule has 0 aromatic carbocycles. The smallest absolute Gasteiger partial charge is 0.235 e. The molecule has 2 aliphatic carbocycles. The molecule has 0 spiro atoms. The maximum atomic E-state index is 11.7. The second-order valence-electron chi connectivity index (χ2n) is 6.79. The standard InChI is InChI=1S/C17H33N3O/c1-2-19-16(17(18)21)13-20(14-9-5-3-6-10-14)15-11-7-4-8-12-15/h14-16,19H,2-13H2,1H3,(H2,18,21). The van der Waals surface area contributed by atoms with E-state index in [0.717, 1.165) is 13.1 Å². The lowest BCUT2D eigenvalue weighted by atomic mass is 9.88. The lowest BCUT2D eigenvalue weighted by Gasteiger charge is -2.43. The third-order valence-corrected chi connectivity index (χ3v) is 5.27. The van der Waals surface area contributed by atoms with Crippen molar-refractivity contribution in [3.05, 3.63) is 0 Å². The summed E-state index contributed by atoms with van der Waals surface area (Å²) in [7, 11) is 0. The molecule has 2 saturated carbocycles. The molecule has 1 atom stereocenters. The summed E-state index contributed by atoms with van der Waals surface area (Å²) in [5.41, 5.74) is 5.60. The van der Waals surface area contributed by atoms with E-state index < -0.39 is 0 Å². The van der Waals surface area contributed by atoms with Gasteiger partial charge < -0.3 is 11.1 Å². The van der Waals surface area contributed by atoms with Crippen molar-refractivity contribution in [2.24, 2.45) is 5.73 Å². The van der Waals surface area contributed by atoms with Crippen LogP contribution >= 0.6 is 0 Å². The van der Waals surface area contributed by atoms with Gasteiger partial charge in [-0.05, 0) is 32.2 Å². The Labute approximate surface area is 129 Å². The van der Waals surface area contributed by atoms with E-state index >= 15 is 0 Å². The number of amides is 1. The van der Waals surface area contributed by atoms with Gasteiger partial charge in [-0.1, -0.05) is 45.4 Å². The number of nitrogens with two attached hydrogens (primary N) is 1. The highest BCUT2D eigenvalue weighted by Crippen LogP contribution is 2.30. The Morgan fingerprint density at radius 3 is 1.90 bits per heavy atom. The number of nitrogens with zero attached hydrogens (tertiary/aromatic N) is 1. The first-order valence-corrected chi connectivity index (χ1v) is 9.00. The van der Waals surface area contributed by atoms with Crippen LogP contribution in [0.15, 0.2) is 0 Å². The summed E-state index contributed by atoms with van der Waals surface area (Å²) in [6.07, 6.45) is 13.3. The van der Waals surface area contributed by atoms with Gasteiger partial charge in [0.2, 0.25) is 5.91 Å². The number of carbonyl (C=O) groups excluding carboxylic acids is 1. The minimum atomic E-state index is -0.200. The van der Waals surface area contributed by atoms with Gasteiger partial charge in [0.25, 0.3) is 0 Å². The van der Waals surface area contributed by atoms with Crippen LogP contribution in [0.3, 0.4) is 0 Å². The van der Waals surface area contributed by atoms with Crippen molar-refractivity contribution in [3.63, 3.8) is 0 Å². The quantitative estimate of drug-likeness (QED) is 0.758. The molecule has 0 saturated heterocycles. The highest BCUT2D eigenvalue weighted by atomic mass is 16.1. The van der Waals surface area contributed by atoms with E-state index in [-0.39, 0.29) is 11.9 Å². The number of primary amides is 1. The molecule has 0 aliphatic heterocycles. The molecule has 2 aliphatic rings. The van der Waals surface area contributed by atoms with E-state index in [0.29, 0.717) is 12.1 Å². The van der Waals surface area contributed by atoms with E-state index in [2.05, 4.69) is 10.2 Å². The summed E-state index contributed by atoms with van der Waals surface area (Å²) in [5.74, 6) is -0.200. The van der Waals surface area contributed by atoms with Crippen molar-refractivity contribution in [1.29, 1.82) is 0 Å². The first-order valence-electron chi connectivity index (χ1n) is 9.00. The molecular formula is C17H33N3O. The molecule has 0 radical (unpaired) electrons. The average Bonchev–Trinajstić information content (AvgIpc) is 2.53. The molecule has 2 rings (SSSR count). The number of rotatable bonds is 7. The summed E-state index contributed by atoms with van der Waals surface area (Å²) in [4.78, 5) is 14.4. The van der Waals surface area contributed by atoms with Gasteiger partial charge in [0.15, 0.2) is 0 Å². The van der Waals surface area contributed by atoms with Crippen LogP contribution in [-0.4, -0.2) is 42.0 Å². The fraction of sp³-hybridized carbons (Fsp3) is 0.941. The fourth-order valence-electron chi connectivity index (χ4n) is 4.13. The van der Waals surface area contributed by atoms with Gasteiger partial charge in [0.1, 0.15) is 0 Å². The predicted octanol–water partition coefficient (Wildman–Crippen LogP) is 2.42. The molecule has 0 aromatic rings. The zero-order valence-corrected chi connectivity index (χ0v) is 13.7. The summed E-state index contributed by atoms with van der Waals surface area (Å²) < 4.78 is 0. The molecule has 4 heteroatoms. The van der Waals surface area contributed by atoms with Gasteiger partial charge in [-0.2, -0.15) is 0 Å². The topological polar surface area (TPSA) is 58.4 Å². The van der Waals surface area contributed by atoms with Crippen molar-refractivity contribution in [1.82, 2.24) is 10.2 Å². The van der Waals surface area contributed by atoms with Gasteiger partial charge in [-0.25, -0.2) is 0 Å². The lowest BCUT2D eigenvalue weighted by Crippen LogP contribution is -2.55. The van der Waals surface area contributed by atoms with Crippen LogP contribution in [0.5, 0.6) is 0 Å². The average molecular weight is 295 g/mol. The van der Waals surface area contributed by atoms with Crippen LogP contribution < -0.4 is 11.1 Å². The number of nitrogens with one attached hydrogen (secondary N) is 1. The highest BCUT2D eigenvalue weighted by Gasteiger charge is 2.31. The van der Waals surface area contributed by atoms with Gasteiger partial charge in [-0.15, -0.1) is 0 Å². The summed E-state index contributed by atoms with van der Waals surface area (Å²) >= 11 is 0. The maximum absolute atomic E-state index is 11.7. The minimum absolute atomic E-state index is 0.196. The molecule has 2 fully saturated rings. The second-order valence-corrected chi connectivity index (χ2v) is 6.79. The van der Waals surface area contributed by atoms with E-state index in [1.54, 1.807) is 0 Å². The monoisotopic (exact) mass is 295 g/mol. The number of carbonyl (C=O) groups is 1. The van der Waals surface area contributed by atoms with Crippen molar-refractivity contribution in [3.8, 4) is 0 Å². The van der Waals surface area contributed by atoms with Crippen molar-refractivity contribution < 1.29 is 4.79 Å². The Balaban J connectivity index is 2.03. The molecule has 1 amide bonds. The SMILES string of the molecule is CCNC(CN(C1CCCCC1)C1CCCCC1)C(N)=O. The first-order chi connectivity index (χ1) is 10.2. The van der Waals surface area contributed by atoms with Crippen LogP contribution in [0.1, 0.15) is 71.1 Å². The Morgan fingerprint density at radius 2 is 1.52 bits per heavy atom. The zero-order chi connectivity index (χ0) is 15.1. The van der Waals surface area contributed by atoms with E-state index in [9.17, 15) is 4.79 Å². The molecule has 0 bridgehead atoms. The van der Waals surface area contributed by atoms with Gasteiger partial charge in [0, 0.05) is 18.6 Å². The number of hydrogen-bond donors (Lipinski definition) is 2. The fourth-order valence-corrected chi connectivity index (χ4v) is 4.13. The molecule has 0 heterocycles. The molecule has 0 aromatic heterocycles. The van der Waals surface area contributed by atoms with Gasteiger partial charge in [0.05, 0.1) is 6.04 Å². The van der Waals surface area contributed by atoms with E-state index in [4.69, 9.17) is 5.73 Å². The van der Waals surface area contributed by atoms with Crippen LogP contribution in [0.2, 0.25) is 0 Å². The summed E-state index contributed by atoms with van der Waals surface area (Å²) in [6.45, 7) is 3.65. The largest absolute Gasteiger partial charge is 0.368 e. The zero-order valence-electron chi connectivity index (χ0n) is 13.7. The Kier molecular flexibility index (Phi) is 6.97. The number of likely N-dealkylation sites (N-methyl/N-ethyl adjacent to an activating group) is 1. The van der Waals surface area contributed by atoms with Crippen molar-refractivity contribution in [2.45, 2.75) is 89.3 Å². The molecule has 1 unspecified atom stereocenters. The van der Waals surface area contributed by atoms with Crippen molar-refractivity contribution in [2.75, 3.05) is 13.1 Å². The first kappa shape index (κ1) is 16.8. The van der Waals surface area contributed by atoms with E-state index in [1.807, 2.05) is 6.92 Å². The molecular weight excluding hydrogens is 262 g/mol. The third-order valence-electron chi connectivity index (χ3n) is 5.27.